The van der Waals surface area contributed by atoms with Crippen molar-refractivity contribution < 1.29 is 8.78 Å². The van der Waals surface area contributed by atoms with E-state index in [2.05, 4.69) is 4.98 Å². The number of aromatic nitrogens is 1. The molecule has 0 spiro atoms. The Morgan fingerprint density at radius 1 is 1.12 bits per heavy atom. The van der Waals surface area contributed by atoms with Crippen LogP contribution in [0.5, 0.6) is 0 Å². The first kappa shape index (κ1) is 11.5. The summed E-state index contributed by atoms with van der Waals surface area (Å²) in [6.45, 7) is 1.53. The Hall–Kier alpha value is -1.97. The molecule has 2 nitrogen and oxygen atoms in total. The molecule has 0 fully saturated rings. The van der Waals surface area contributed by atoms with Gasteiger partial charge in [0.25, 0.3) is 0 Å². The summed E-state index contributed by atoms with van der Waals surface area (Å²) in [5, 5.41) is 0. The van der Waals surface area contributed by atoms with Crippen LogP contribution in [0.25, 0.3) is 0 Å². The fourth-order valence-electron chi connectivity index (χ4n) is 1.61. The van der Waals surface area contributed by atoms with E-state index in [9.17, 15) is 8.78 Å². The van der Waals surface area contributed by atoms with Crippen molar-refractivity contribution in [1.82, 2.24) is 4.98 Å². The smallest absolute Gasteiger partial charge is 0.162 e. The molecule has 0 amide bonds. The van der Waals surface area contributed by atoms with E-state index in [1.807, 2.05) is 0 Å². The third-order valence-electron chi connectivity index (χ3n) is 2.68. The first-order chi connectivity index (χ1) is 8.09. The molecule has 4 heteroatoms. The van der Waals surface area contributed by atoms with Gasteiger partial charge in [-0.15, -0.1) is 0 Å². The molecule has 2 rings (SSSR count). The predicted molar refractivity (Wildman–Crippen MR) is 62.6 cm³/mol. The quantitative estimate of drug-likeness (QED) is 0.867. The SMILES string of the molecule is Cc1ccc(Cc2cnccc2N)c(F)c1F. The summed E-state index contributed by atoms with van der Waals surface area (Å²) < 4.78 is 27.0. The number of rotatable bonds is 2. The van der Waals surface area contributed by atoms with Gasteiger partial charge in [-0.25, -0.2) is 8.78 Å². The second kappa shape index (κ2) is 4.49. The zero-order valence-electron chi connectivity index (χ0n) is 9.37. The molecule has 0 aliphatic rings. The Kier molecular flexibility index (Phi) is 3.04. The van der Waals surface area contributed by atoms with Gasteiger partial charge in [-0.3, -0.25) is 4.98 Å². The molecule has 1 aromatic heterocycles. The number of pyridine rings is 1. The molecule has 2 N–H and O–H groups in total. The molecule has 0 radical (unpaired) electrons. The maximum Gasteiger partial charge on any atom is 0.162 e. The summed E-state index contributed by atoms with van der Waals surface area (Å²) in [5.41, 5.74) is 7.53. The van der Waals surface area contributed by atoms with Crippen LogP contribution in [-0.2, 0) is 6.42 Å². The van der Waals surface area contributed by atoms with Crippen molar-refractivity contribution in [1.29, 1.82) is 0 Å². The standard InChI is InChI=1S/C13H12F2N2/c1-8-2-3-9(13(15)12(8)14)6-10-7-17-5-4-11(10)16/h2-5,7H,6H2,1H3,(H2,16,17). The zero-order chi connectivity index (χ0) is 12.4. The van der Waals surface area contributed by atoms with Crippen molar-refractivity contribution in [2.45, 2.75) is 13.3 Å². The van der Waals surface area contributed by atoms with Crippen molar-refractivity contribution >= 4 is 5.69 Å². The van der Waals surface area contributed by atoms with Crippen LogP contribution in [0, 0.1) is 18.6 Å². The topological polar surface area (TPSA) is 38.9 Å². The molecule has 0 saturated carbocycles. The van der Waals surface area contributed by atoms with Gasteiger partial charge in [-0.2, -0.15) is 0 Å². The number of nitrogen functional groups attached to an aromatic ring is 1. The van der Waals surface area contributed by atoms with E-state index in [1.54, 1.807) is 30.6 Å². The third-order valence-corrected chi connectivity index (χ3v) is 2.68. The fourth-order valence-corrected chi connectivity index (χ4v) is 1.61. The van der Waals surface area contributed by atoms with E-state index in [0.29, 0.717) is 16.8 Å². The minimum atomic E-state index is -0.812. The van der Waals surface area contributed by atoms with Crippen LogP contribution >= 0.6 is 0 Å². The molecular formula is C13H12F2N2. The molecule has 17 heavy (non-hydrogen) atoms. The number of benzene rings is 1. The van der Waals surface area contributed by atoms with Crippen molar-refractivity contribution in [3.05, 3.63) is 58.9 Å². The Bertz CT molecular complexity index is 553. The summed E-state index contributed by atoms with van der Waals surface area (Å²) in [7, 11) is 0. The lowest BCUT2D eigenvalue weighted by Gasteiger charge is -2.07. The first-order valence-corrected chi connectivity index (χ1v) is 5.21. The van der Waals surface area contributed by atoms with Gasteiger partial charge < -0.3 is 5.73 Å². The summed E-state index contributed by atoms with van der Waals surface area (Å²) in [5.74, 6) is -1.61. The van der Waals surface area contributed by atoms with Gasteiger partial charge in [0, 0.05) is 24.5 Å². The van der Waals surface area contributed by atoms with Gasteiger partial charge in [0.05, 0.1) is 0 Å². The van der Waals surface area contributed by atoms with E-state index >= 15 is 0 Å². The van der Waals surface area contributed by atoms with E-state index in [0.717, 1.165) is 0 Å². The Labute approximate surface area is 98.1 Å². The van der Waals surface area contributed by atoms with Crippen LogP contribution in [-0.4, -0.2) is 4.98 Å². The normalized spacial score (nSPS) is 10.5. The molecule has 0 aliphatic carbocycles. The predicted octanol–water partition coefficient (Wildman–Crippen LogP) is 2.84. The Morgan fingerprint density at radius 3 is 2.59 bits per heavy atom. The first-order valence-electron chi connectivity index (χ1n) is 5.21. The molecule has 1 aromatic carbocycles. The van der Waals surface area contributed by atoms with Gasteiger partial charge in [0.15, 0.2) is 11.6 Å². The highest BCUT2D eigenvalue weighted by atomic mass is 19.2. The third kappa shape index (κ3) is 2.25. The van der Waals surface area contributed by atoms with Crippen molar-refractivity contribution in [3.8, 4) is 0 Å². The van der Waals surface area contributed by atoms with Gasteiger partial charge in [0.2, 0.25) is 0 Å². The summed E-state index contributed by atoms with van der Waals surface area (Å²) >= 11 is 0. The number of halogens is 2. The molecule has 0 atom stereocenters. The lowest BCUT2D eigenvalue weighted by molar-refractivity contribution is 0.495. The van der Waals surface area contributed by atoms with E-state index in [-0.39, 0.29) is 12.0 Å². The highest BCUT2D eigenvalue weighted by Crippen LogP contribution is 2.20. The zero-order valence-corrected chi connectivity index (χ0v) is 9.37. The highest BCUT2D eigenvalue weighted by molar-refractivity contribution is 5.47. The van der Waals surface area contributed by atoms with Crippen LogP contribution in [0.1, 0.15) is 16.7 Å². The summed E-state index contributed by atoms with van der Waals surface area (Å²) in [6, 6.07) is 4.76. The van der Waals surface area contributed by atoms with Gasteiger partial charge in [-0.05, 0) is 29.7 Å². The Morgan fingerprint density at radius 2 is 1.88 bits per heavy atom. The van der Waals surface area contributed by atoms with Crippen LogP contribution in [0.3, 0.4) is 0 Å². The van der Waals surface area contributed by atoms with Gasteiger partial charge >= 0.3 is 0 Å². The molecule has 1 heterocycles. The number of hydrogen-bond donors (Lipinski definition) is 1. The average Bonchev–Trinajstić information content (AvgIpc) is 2.32. The number of nitrogens with two attached hydrogens (primary N) is 1. The lowest BCUT2D eigenvalue weighted by Crippen LogP contribution is -2.01. The number of hydrogen-bond acceptors (Lipinski definition) is 2. The number of anilines is 1. The second-order valence-corrected chi connectivity index (χ2v) is 3.92. The van der Waals surface area contributed by atoms with Crippen LogP contribution < -0.4 is 5.73 Å². The molecular weight excluding hydrogens is 222 g/mol. The van der Waals surface area contributed by atoms with E-state index < -0.39 is 11.6 Å². The summed E-state index contributed by atoms with van der Waals surface area (Å²) in [6.07, 6.45) is 3.36. The monoisotopic (exact) mass is 234 g/mol. The summed E-state index contributed by atoms with van der Waals surface area (Å²) in [4.78, 5) is 3.92. The van der Waals surface area contributed by atoms with Gasteiger partial charge in [0.1, 0.15) is 0 Å². The minimum absolute atomic E-state index is 0.239. The van der Waals surface area contributed by atoms with Gasteiger partial charge in [-0.1, -0.05) is 12.1 Å². The molecule has 0 bridgehead atoms. The lowest BCUT2D eigenvalue weighted by atomic mass is 10.0. The maximum absolute atomic E-state index is 13.6. The number of nitrogens with zero attached hydrogens (tertiary/aromatic N) is 1. The van der Waals surface area contributed by atoms with Crippen molar-refractivity contribution in [2.24, 2.45) is 0 Å². The molecule has 2 aromatic rings. The van der Waals surface area contributed by atoms with Crippen molar-refractivity contribution in [2.75, 3.05) is 5.73 Å². The van der Waals surface area contributed by atoms with E-state index in [4.69, 9.17) is 5.73 Å². The largest absolute Gasteiger partial charge is 0.398 e. The molecule has 0 unspecified atom stereocenters. The van der Waals surface area contributed by atoms with Crippen LogP contribution in [0.4, 0.5) is 14.5 Å². The molecule has 88 valence electrons. The number of aryl methyl sites for hydroxylation is 1. The Balaban J connectivity index is 2.38. The minimum Gasteiger partial charge on any atom is -0.398 e. The van der Waals surface area contributed by atoms with Crippen LogP contribution in [0.2, 0.25) is 0 Å². The molecule has 0 aliphatic heterocycles. The maximum atomic E-state index is 13.6. The highest BCUT2D eigenvalue weighted by Gasteiger charge is 2.12. The van der Waals surface area contributed by atoms with Crippen LogP contribution in [0.15, 0.2) is 30.6 Å². The van der Waals surface area contributed by atoms with Crippen molar-refractivity contribution in [3.63, 3.8) is 0 Å². The average molecular weight is 234 g/mol. The molecule has 0 saturated heterocycles. The van der Waals surface area contributed by atoms with E-state index in [1.165, 1.54) is 6.92 Å². The second-order valence-electron chi connectivity index (χ2n) is 3.92. The fraction of sp³-hybridized carbons (Fsp3) is 0.154.